The molecule has 2 fully saturated rings. The van der Waals surface area contributed by atoms with E-state index in [4.69, 9.17) is 12.2 Å². The van der Waals surface area contributed by atoms with Crippen LogP contribution in [-0.2, 0) is 6.42 Å². The molecular formula is C20H31N3S. The first-order valence-corrected chi connectivity index (χ1v) is 10.0. The van der Waals surface area contributed by atoms with Gasteiger partial charge < -0.3 is 10.6 Å². The van der Waals surface area contributed by atoms with Gasteiger partial charge in [-0.05, 0) is 75.0 Å². The summed E-state index contributed by atoms with van der Waals surface area (Å²) in [5.74, 6) is 0. The Balaban J connectivity index is 1.53. The highest BCUT2D eigenvalue weighted by molar-refractivity contribution is 7.80. The third kappa shape index (κ3) is 4.28. The summed E-state index contributed by atoms with van der Waals surface area (Å²) in [7, 11) is 0. The molecule has 2 bridgehead atoms. The Bertz CT molecular complexity index is 528. The molecule has 2 N–H and O–H groups in total. The van der Waals surface area contributed by atoms with Crippen molar-refractivity contribution in [3.8, 4) is 0 Å². The normalized spacial score (nSPS) is 26.8. The number of nitrogens with zero attached hydrogens (tertiary/aromatic N) is 1. The van der Waals surface area contributed by atoms with Gasteiger partial charge in [0.25, 0.3) is 0 Å². The average molecular weight is 346 g/mol. The number of anilines is 1. The number of thiocarbonyl (C=S) groups is 1. The van der Waals surface area contributed by atoms with Gasteiger partial charge in [0.15, 0.2) is 5.11 Å². The number of nitrogens with one attached hydrogen (secondary N) is 2. The third-order valence-electron chi connectivity index (χ3n) is 5.56. The van der Waals surface area contributed by atoms with Crippen LogP contribution in [0.2, 0.25) is 0 Å². The summed E-state index contributed by atoms with van der Waals surface area (Å²) in [6, 6.07) is 10.6. The van der Waals surface area contributed by atoms with Crippen molar-refractivity contribution in [2.24, 2.45) is 0 Å². The van der Waals surface area contributed by atoms with Crippen LogP contribution in [0.25, 0.3) is 0 Å². The van der Waals surface area contributed by atoms with E-state index in [-0.39, 0.29) is 0 Å². The van der Waals surface area contributed by atoms with Gasteiger partial charge in [0.05, 0.1) is 0 Å². The summed E-state index contributed by atoms with van der Waals surface area (Å²) < 4.78 is 0. The fourth-order valence-corrected chi connectivity index (χ4v) is 4.68. The second-order valence-corrected chi connectivity index (χ2v) is 7.70. The molecule has 1 aromatic carbocycles. The smallest absolute Gasteiger partial charge is 0.170 e. The van der Waals surface area contributed by atoms with E-state index < -0.39 is 0 Å². The zero-order chi connectivity index (χ0) is 16.9. The van der Waals surface area contributed by atoms with E-state index in [9.17, 15) is 0 Å². The molecule has 0 unspecified atom stereocenters. The van der Waals surface area contributed by atoms with Gasteiger partial charge in [0, 0.05) is 23.8 Å². The lowest BCUT2D eigenvalue weighted by Gasteiger charge is -2.49. The summed E-state index contributed by atoms with van der Waals surface area (Å²) in [6.45, 7) is 5.73. The molecule has 0 amide bonds. The van der Waals surface area contributed by atoms with Crippen molar-refractivity contribution >= 4 is 23.0 Å². The number of benzene rings is 1. The van der Waals surface area contributed by atoms with Gasteiger partial charge in [-0.15, -0.1) is 0 Å². The van der Waals surface area contributed by atoms with E-state index in [0.717, 1.165) is 29.3 Å². The van der Waals surface area contributed by atoms with E-state index >= 15 is 0 Å². The molecule has 2 aliphatic heterocycles. The van der Waals surface area contributed by atoms with Crippen LogP contribution >= 0.6 is 12.2 Å². The van der Waals surface area contributed by atoms with Crippen molar-refractivity contribution in [3.63, 3.8) is 0 Å². The molecule has 1 aromatic rings. The van der Waals surface area contributed by atoms with Crippen LogP contribution in [0.4, 0.5) is 5.69 Å². The maximum atomic E-state index is 5.55. The van der Waals surface area contributed by atoms with Gasteiger partial charge in [-0.2, -0.15) is 0 Å². The first-order chi connectivity index (χ1) is 11.7. The topological polar surface area (TPSA) is 27.3 Å². The Hall–Kier alpha value is -1.13. The van der Waals surface area contributed by atoms with E-state index in [2.05, 4.69) is 53.6 Å². The second kappa shape index (κ2) is 8.30. The van der Waals surface area contributed by atoms with Gasteiger partial charge in [-0.3, -0.25) is 4.90 Å². The molecule has 0 aliphatic carbocycles. The zero-order valence-electron chi connectivity index (χ0n) is 15.1. The minimum Gasteiger partial charge on any atom is -0.360 e. The molecule has 2 heterocycles. The first kappa shape index (κ1) is 17.7. The van der Waals surface area contributed by atoms with Crippen LogP contribution in [0.15, 0.2) is 24.3 Å². The highest BCUT2D eigenvalue weighted by Gasteiger charge is 2.37. The van der Waals surface area contributed by atoms with Gasteiger partial charge in [-0.25, -0.2) is 0 Å². The van der Waals surface area contributed by atoms with Crippen molar-refractivity contribution in [2.75, 3.05) is 11.9 Å². The Morgan fingerprint density at radius 2 is 1.79 bits per heavy atom. The van der Waals surface area contributed by atoms with Crippen LogP contribution in [0.5, 0.6) is 0 Å². The van der Waals surface area contributed by atoms with Crippen molar-refractivity contribution in [1.29, 1.82) is 0 Å². The Morgan fingerprint density at radius 3 is 2.38 bits per heavy atom. The zero-order valence-corrected chi connectivity index (χ0v) is 15.9. The fraction of sp³-hybridized carbons (Fsp3) is 0.650. The molecule has 3 nitrogen and oxygen atoms in total. The molecule has 0 spiro atoms. The molecular weight excluding hydrogens is 314 g/mol. The van der Waals surface area contributed by atoms with Crippen LogP contribution in [0, 0.1) is 0 Å². The average Bonchev–Trinajstić information content (AvgIpc) is 2.56. The SMILES string of the molecule is CCCN1[C@H]2CCC[C@H]1CC(NC(=S)Nc1ccc(CC)cc1)C2. The van der Waals surface area contributed by atoms with E-state index in [1.165, 1.54) is 50.6 Å². The fourth-order valence-electron chi connectivity index (χ4n) is 4.40. The number of aryl methyl sites for hydroxylation is 1. The molecule has 3 rings (SSSR count). The van der Waals surface area contributed by atoms with Gasteiger partial charge in [-0.1, -0.05) is 32.4 Å². The van der Waals surface area contributed by atoms with Crippen molar-refractivity contribution < 1.29 is 0 Å². The van der Waals surface area contributed by atoms with Crippen LogP contribution < -0.4 is 10.6 Å². The molecule has 2 aliphatic rings. The maximum Gasteiger partial charge on any atom is 0.170 e. The number of hydrogen-bond donors (Lipinski definition) is 2. The standard InChI is InChI=1S/C20H31N3S/c1-3-12-23-18-6-5-7-19(23)14-17(13-18)22-20(24)21-16-10-8-15(4-2)9-11-16/h8-11,17-19H,3-7,12-14H2,1-2H3,(H2,21,22,24)/t18-,19-/m0/s1. The lowest BCUT2D eigenvalue weighted by molar-refractivity contribution is 0.0284. The maximum absolute atomic E-state index is 5.55. The Kier molecular flexibility index (Phi) is 6.12. The predicted molar refractivity (Wildman–Crippen MR) is 107 cm³/mol. The summed E-state index contributed by atoms with van der Waals surface area (Å²) >= 11 is 5.55. The van der Waals surface area contributed by atoms with Crippen LogP contribution in [0.3, 0.4) is 0 Å². The highest BCUT2D eigenvalue weighted by atomic mass is 32.1. The van der Waals surface area contributed by atoms with Gasteiger partial charge in [0.1, 0.15) is 0 Å². The number of hydrogen-bond acceptors (Lipinski definition) is 2. The molecule has 0 saturated carbocycles. The van der Waals surface area contributed by atoms with E-state index in [0.29, 0.717) is 6.04 Å². The van der Waals surface area contributed by atoms with E-state index in [1.54, 1.807) is 0 Å². The molecule has 0 aromatic heterocycles. The Labute approximate surface area is 152 Å². The van der Waals surface area contributed by atoms with Crippen LogP contribution in [0.1, 0.15) is 57.9 Å². The van der Waals surface area contributed by atoms with Crippen molar-refractivity contribution in [1.82, 2.24) is 10.2 Å². The molecule has 132 valence electrons. The summed E-state index contributed by atoms with van der Waals surface area (Å²) in [6.07, 6.45) is 8.90. The quantitative estimate of drug-likeness (QED) is 0.777. The summed E-state index contributed by atoms with van der Waals surface area (Å²) in [4.78, 5) is 2.77. The van der Waals surface area contributed by atoms with Crippen LogP contribution in [-0.4, -0.2) is 34.7 Å². The molecule has 4 heteroatoms. The molecule has 24 heavy (non-hydrogen) atoms. The monoisotopic (exact) mass is 345 g/mol. The largest absolute Gasteiger partial charge is 0.360 e. The number of rotatable bonds is 5. The van der Waals surface area contributed by atoms with Crippen molar-refractivity contribution in [3.05, 3.63) is 29.8 Å². The van der Waals surface area contributed by atoms with Crippen molar-refractivity contribution in [2.45, 2.75) is 76.9 Å². The Morgan fingerprint density at radius 1 is 1.12 bits per heavy atom. The first-order valence-electron chi connectivity index (χ1n) is 9.61. The minimum absolute atomic E-state index is 0.517. The molecule has 2 saturated heterocycles. The van der Waals surface area contributed by atoms with Gasteiger partial charge in [0.2, 0.25) is 0 Å². The molecule has 2 atom stereocenters. The van der Waals surface area contributed by atoms with Gasteiger partial charge >= 0.3 is 0 Å². The molecule has 0 radical (unpaired) electrons. The minimum atomic E-state index is 0.517. The lowest BCUT2D eigenvalue weighted by Crippen LogP contribution is -2.57. The third-order valence-corrected chi connectivity index (χ3v) is 5.78. The number of piperidine rings is 2. The predicted octanol–water partition coefficient (Wildman–Crippen LogP) is 4.33. The number of fused-ring (bicyclic) bond motifs is 2. The van der Waals surface area contributed by atoms with E-state index in [1.807, 2.05) is 0 Å². The highest BCUT2D eigenvalue weighted by Crippen LogP contribution is 2.34. The lowest BCUT2D eigenvalue weighted by atomic mass is 9.81. The second-order valence-electron chi connectivity index (χ2n) is 7.29. The summed E-state index contributed by atoms with van der Waals surface area (Å²) in [5.41, 5.74) is 2.43. The summed E-state index contributed by atoms with van der Waals surface area (Å²) in [5, 5.41) is 7.70.